The van der Waals surface area contributed by atoms with Crippen LogP contribution in [0.3, 0.4) is 0 Å². The zero-order valence-corrected chi connectivity index (χ0v) is 17.5. The van der Waals surface area contributed by atoms with Gasteiger partial charge in [0.25, 0.3) is 5.91 Å². The second kappa shape index (κ2) is 8.83. The third-order valence-corrected chi connectivity index (χ3v) is 5.26. The number of nitrogens with two attached hydrogens (primary N) is 1. The molecule has 0 saturated heterocycles. The third kappa shape index (κ3) is 4.31. The lowest BCUT2D eigenvalue weighted by Gasteiger charge is -2.09. The zero-order valence-electron chi connectivity index (χ0n) is 16.0. The van der Waals surface area contributed by atoms with Gasteiger partial charge in [0.15, 0.2) is 5.65 Å². The van der Waals surface area contributed by atoms with Crippen molar-refractivity contribution in [3.63, 3.8) is 0 Å². The van der Waals surface area contributed by atoms with Gasteiger partial charge in [-0.3, -0.25) is 4.79 Å². The Kier molecular flexibility index (Phi) is 5.99. The number of aromatic nitrogens is 3. The van der Waals surface area contributed by atoms with Crippen LogP contribution < -0.4 is 11.1 Å². The van der Waals surface area contributed by atoms with Crippen molar-refractivity contribution in [2.45, 2.75) is 6.54 Å². The van der Waals surface area contributed by atoms with Crippen LogP contribution in [0.5, 0.6) is 0 Å². The van der Waals surface area contributed by atoms with Crippen molar-refractivity contribution in [2.75, 3.05) is 13.1 Å². The monoisotopic (exact) mass is 439 g/mol. The van der Waals surface area contributed by atoms with E-state index in [1.807, 2.05) is 47.0 Å². The molecule has 0 atom stereocenters. The molecule has 0 aliphatic heterocycles. The molecule has 152 valence electrons. The number of carbonyl (C=O) groups excluding carboxylic acids is 1. The number of benzene rings is 2. The average Bonchev–Trinajstić information content (AvgIpc) is 3.16. The molecule has 6 nitrogen and oxygen atoms in total. The molecule has 2 heterocycles. The Hall–Kier alpha value is -2.93. The Morgan fingerprint density at radius 3 is 2.77 bits per heavy atom. The molecule has 0 aliphatic rings. The van der Waals surface area contributed by atoms with Crippen LogP contribution >= 0.6 is 23.2 Å². The SMILES string of the molecule is NCCNC(=O)c1cccc(-c2ccc3ncn(Cc4ccc(Cl)cc4Cl)c3n2)c1. The van der Waals surface area contributed by atoms with Gasteiger partial charge in [-0.2, -0.15) is 0 Å². The first-order valence-electron chi connectivity index (χ1n) is 9.39. The van der Waals surface area contributed by atoms with Crippen LogP contribution in [-0.4, -0.2) is 33.5 Å². The highest BCUT2D eigenvalue weighted by molar-refractivity contribution is 6.35. The van der Waals surface area contributed by atoms with Gasteiger partial charge < -0.3 is 15.6 Å². The van der Waals surface area contributed by atoms with Crippen molar-refractivity contribution in [1.82, 2.24) is 19.9 Å². The first kappa shape index (κ1) is 20.3. The summed E-state index contributed by atoms with van der Waals surface area (Å²) in [4.78, 5) is 21.5. The summed E-state index contributed by atoms with van der Waals surface area (Å²) in [5.41, 5.74) is 10.0. The second-order valence-electron chi connectivity index (χ2n) is 6.77. The standard InChI is InChI=1S/C22H19Cl2N5O/c23-17-5-4-16(18(24)11-17)12-29-13-27-20-7-6-19(28-21(20)29)14-2-1-3-15(10-14)22(30)26-9-8-25/h1-7,10-11,13H,8-9,12,25H2,(H,26,30). The van der Waals surface area contributed by atoms with Gasteiger partial charge in [0.2, 0.25) is 0 Å². The number of nitrogens with zero attached hydrogens (tertiary/aromatic N) is 3. The molecule has 0 spiro atoms. The molecule has 2 aromatic heterocycles. The summed E-state index contributed by atoms with van der Waals surface area (Å²) < 4.78 is 1.94. The van der Waals surface area contributed by atoms with Crippen molar-refractivity contribution in [2.24, 2.45) is 5.73 Å². The maximum Gasteiger partial charge on any atom is 0.251 e. The average molecular weight is 440 g/mol. The van der Waals surface area contributed by atoms with Crippen LogP contribution in [0.15, 0.2) is 60.9 Å². The highest BCUT2D eigenvalue weighted by atomic mass is 35.5. The minimum absolute atomic E-state index is 0.161. The predicted octanol–water partition coefficient (Wildman–Crippen LogP) is 4.14. The molecule has 4 rings (SSSR count). The van der Waals surface area contributed by atoms with Crippen LogP contribution in [0, 0.1) is 0 Å². The van der Waals surface area contributed by atoms with Crippen LogP contribution in [0.25, 0.3) is 22.4 Å². The summed E-state index contributed by atoms with van der Waals surface area (Å²) in [6.45, 7) is 1.34. The van der Waals surface area contributed by atoms with Crippen molar-refractivity contribution in [3.8, 4) is 11.3 Å². The van der Waals surface area contributed by atoms with Gasteiger partial charge in [0.1, 0.15) is 5.52 Å². The summed E-state index contributed by atoms with van der Waals surface area (Å²) in [5, 5.41) is 3.96. The summed E-state index contributed by atoms with van der Waals surface area (Å²) >= 11 is 12.3. The number of hydrogen-bond acceptors (Lipinski definition) is 4. The predicted molar refractivity (Wildman–Crippen MR) is 120 cm³/mol. The second-order valence-corrected chi connectivity index (χ2v) is 7.62. The quantitative estimate of drug-likeness (QED) is 0.472. The van der Waals surface area contributed by atoms with E-state index in [4.69, 9.17) is 33.9 Å². The number of carbonyl (C=O) groups is 1. The first-order chi connectivity index (χ1) is 14.5. The van der Waals surface area contributed by atoms with E-state index in [0.29, 0.717) is 35.2 Å². The number of fused-ring (bicyclic) bond motifs is 1. The number of pyridine rings is 1. The van der Waals surface area contributed by atoms with Gasteiger partial charge in [-0.15, -0.1) is 0 Å². The number of nitrogens with one attached hydrogen (secondary N) is 1. The molecule has 1 amide bonds. The van der Waals surface area contributed by atoms with Gasteiger partial charge in [0.05, 0.1) is 18.6 Å². The minimum atomic E-state index is -0.161. The first-order valence-corrected chi connectivity index (χ1v) is 10.2. The van der Waals surface area contributed by atoms with Crippen LogP contribution in [0.2, 0.25) is 10.0 Å². The maximum absolute atomic E-state index is 12.2. The van der Waals surface area contributed by atoms with Gasteiger partial charge in [-0.1, -0.05) is 41.4 Å². The van der Waals surface area contributed by atoms with Crippen LogP contribution in [0.1, 0.15) is 15.9 Å². The third-order valence-electron chi connectivity index (χ3n) is 4.67. The van der Waals surface area contributed by atoms with E-state index in [-0.39, 0.29) is 5.91 Å². The number of amides is 1. The lowest BCUT2D eigenvalue weighted by Crippen LogP contribution is -2.28. The lowest BCUT2D eigenvalue weighted by atomic mass is 10.1. The smallest absolute Gasteiger partial charge is 0.251 e. The molecular formula is C22H19Cl2N5O. The van der Waals surface area contributed by atoms with E-state index >= 15 is 0 Å². The fourth-order valence-electron chi connectivity index (χ4n) is 3.16. The maximum atomic E-state index is 12.2. The van der Waals surface area contributed by atoms with E-state index in [1.54, 1.807) is 18.5 Å². The van der Waals surface area contributed by atoms with Crippen molar-refractivity contribution < 1.29 is 4.79 Å². The van der Waals surface area contributed by atoms with Crippen LogP contribution in [0.4, 0.5) is 0 Å². The van der Waals surface area contributed by atoms with Crippen molar-refractivity contribution in [3.05, 3.63) is 82.1 Å². The molecule has 0 saturated carbocycles. The zero-order chi connectivity index (χ0) is 21.1. The topological polar surface area (TPSA) is 85.8 Å². The molecule has 4 aromatic rings. The fraction of sp³-hybridized carbons (Fsp3) is 0.136. The molecule has 0 unspecified atom stereocenters. The van der Waals surface area contributed by atoms with Gasteiger partial charge in [0, 0.05) is 34.3 Å². The van der Waals surface area contributed by atoms with Crippen molar-refractivity contribution >= 4 is 40.3 Å². The Morgan fingerprint density at radius 2 is 1.97 bits per heavy atom. The lowest BCUT2D eigenvalue weighted by molar-refractivity contribution is 0.0955. The highest BCUT2D eigenvalue weighted by Gasteiger charge is 2.11. The van der Waals surface area contributed by atoms with Gasteiger partial charge >= 0.3 is 0 Å². The molecule has 0 aliphatic carbocycles. The van der Waals surface area contributed by atoms with Gasteiger partial charge in [-0.25, -0.2) is 9.97 Å². The summed E-state index contributed by atoms with van der Waals surface area (Å²) in [6.07, 6.45) is 1.74. The molecule has 0 radical (unpaired) electrons. The van der Waals surface area contributed by atoms with E-state index < -0.39 is 0 Å². The van der Waals surface area contributed by atoms with E-state index in [1.165, 1.54) is 0 Å². The highest BCUT2D eigenvalue weighted by Crippen LogP contribution is 2.25. The normalized spacial score (nSPS) is 11.0. The largest absolute Gasteiger partial charge is 0.351 e. The van der Waals surface area contributed by atoms with Crippen molar-refractivity contribution in [1.29, 1.82) is 0 Å². The number of imidazole rings is 1. The van der Waals surface area contributed by atoms with E-state index in [2.05, 4.69) is 10.3 Å². The van der Waals surface area contributed by atoms with Gasteiger partial charge in [-0.05, 0) is 42.0 Å². The fourth-order valence-corrected chi connectivity index (χ4v) is 3.63. The van der Waals surface area contributed by atoms with E-state index in [9.17, 15) is 4.79 Å². The molecule has 3 N–H and O–H groups in total. The Labute approximate surface area is 183 Å². The summed E-state index contributed by atoms with van der Waals surface area (Å²) in [7, 11) is 0. The number of halogens is 2. The summed E-state index contributed by atoms with van der Waals surface area (Å²) in [6, 6.07) is 16.6. The number of hydrogen-bond donors (Lipinski definition) is 2. The Morgan fingerprint density at radius 1 is 1.10 bits per heavy atom. The molecular weight excluding hydrogens is 421 g/mol. The van der Waals surface area contributed by atoms with Crippen LogP contribution in [-0.2, 0) is 6.54 Å². The summed E-state index contributed by atoms with van der Waals surface area (Å²) in [5.74, 6) is -0.161. The molecule has 2 aromatic carbocycles. The molecule has 0 fully saturated rings. The molecule has 0 bridgehead atoms. The minimum Gasteiger partial charge on any atom is -0.351 e. The van der Waals surface area contributed by atoms with E-state index in [0.717, 1.165) is 28.0 Å². The Bertz CT molecular complexity index is 1220. The molecule has 30 heavy (non-hydrogen) atoms. The Balaban J connectivity index is 1.67. The molecule has 8 heteroatoms. The number of rotatable bonds is 6.